The first-order valence-corrected chi connectivity index (χ1v) is 11.8. The minimum Gasteiger partial charge on any atom is -0.393 e. The van der Waals surface area contributed by atoms with Crippen LogP contribution in [0.4, 0.5) is 0 Å². The van der Waals surface area contributed by atoms with Gasteiger partial charge in [-0.25, -0.2) is 8.42 Å². The first-order chi connectivity index (χ1) is 12.9. The molecular weight excluding hydrogens is 358 g/mol. The van der Waals surface area contributed by atoms with E-state index < -0.39 is 10.0 Å². The molecule has 1 aromatic carbocycles. The fourth-order valence-corrected chi connectivity index (χ4v) is 6.04. The number of sulfonamides is 1. The number of aliphatic hydroxyl groups is 1. The number of nitrogens with zero attached hydrogens (tertiary/aromatic N) is 1. The summed E-state index contributed by atoms with van der Waals surface area (Å²) >= 11 is 0. The summed E-state index contributed by atoms with van der Waals surface area (Å²) in [5, 5.41) is 10.7. The van der Waals surface area contributed by atoms with Crippen LogP contribution in [0.25, 0.3) is 0 Å². The van der Waals surface area contributed by atoms with Crippen LogP contribution < -0.4 is 0 Å². The SMILES string of the molecule is CCCC(O)C1CCCCCCC2C=C1CN2S(=O)(=O)c1ccc(C)cc1. The van der Waals surface area contributed by atoms with E-state index in [0.29, 0.717) is 11.4 Å². The van der Waals surface area contributed by atoms with E-state index in [0.717, 1.165) is 56.1 Å². The van der Waals surface area contributed by atoms with Crippen LogP contribution in [0.15, 0.2) is 40.8 Å². The average molecular weight is 392 g/mol. The van der Waals surface area contributed by atoms with Gasteiger partial charge in [-0.2, -0.15) is 4.31 Å². The second-order valence-corrected chi connectivity index (χ2v) is 10.0. The predicted octanol–water partition coefficient (Wildman–Crippen LogP) is 4.43. The Hall–Kier alpha value is -1.17. The molecule has 2 aliphatic rings. The van der Waals surface area contributed by atoms with Crippen molar-refractivity contribution in [2.75, 3.05) is 6.54 Å². The molecule has 0 spiro atoms. The molecule has 0 fully saturated rings. The lowest BCUT2D eigenvalue weighted by atomic mass is 9.85. The third-order valence-electron chi connectivity index (χ3n) is 6.03. The third-order valence-corrected chi connectivity index (χ3v) is 7.92. The molecule has 4 nitrogen and oxygen atoms in total. The Balaban J connectivity index is 1.89. The van der Waals surface area contributed by atoms with Gasteiger partial charge in [-0.3, -0.25) is 0 Å². The van der Waals surface area contributed by atoms with Crippen LogP contribution in [-0.4, -0.2) is 36.5 Å². The highest BCUT2D eigenvalue weighted by atomic mass is 32.2. The minimum atomic E-state index is -3.53. The monoisotopic (exact) mass is 391 g/mol. The number of fused-ring (bicyclic) bond motifs is 1. The molecule has 0 saturated heterocycles. The maximum atomic E-state index is 13.3. The van der Waals surface area contributed by atoms with E-state index in [2.05, 4.69) is 13.0 Å². The molecule has 27 heavy (non-hydrogen) atoms. The number of aliphatic hydroxyl groups excluding tert-OH is 1. The van der Waals surface area contributed by atoms with Crippen molar-refractivity contribution in [2.24, 2.45) is 5.92 Å². The molecule has 2 bridgehead atoms. The Morgan fingerprint density at radius 1 is 1.11 bits per heavy atom. The third kappa shape index (κ3) is 4.64. The van der Waals surface area contributed by atoms with Crippen molar-refractivity contribution >= 4 is 10.0 Å². The van der Waals surface area contributed by atoms with Crippen molar-refractivity contribution in [3.05, 3.63) is 41.5 Å². The van der Waals surface area contributed by atoms with E-state index in [1.165, 1.54) is 6.42 Å². The molecule has 150 valence electrons. The quantitative estimate of drug-likeness (QED) is 0.756. The number of rotatable bonds is 5. The van der Waals surface area contributed by atoms with Crippen molar-refractivity contribution < 1.29 is 13.5 Å². The minimum absolute atomic E-state index is 0.0827. The molecule has 0 radical (unpaired) electrons. The highest BCUT2D eigenvalue weighted by Gasteiger charge is 2.38. The van der Waals surface area contributed by atoms with Gasteiger partial charge in [0.1, 0.15) is 0 Å². The zero-order chi connectivity index (χ0) is 19.4. The van der Waals surface area contributed by atoms with Gasteiger partial charge in [0.2, 0.25) is 10.0 Å². The predicted molar refractivity (Wildman–Crippen MR) is 109 cm³/mol. The van der Waals surface area contributed by atoms with Crippen molar-refractivity contribution in [3.63, 3.8) is 0 Å². The van der Waals surface area contributed by atoms with E-state index >= 15 is 0 Å². The zero-order valence-electron chi connectivity index (χ0n) is 16.6. The van der Waals surface area contributed by atoms with Crippen LogP contribution in [0.1, 0.15) is 63.9 Å². The van der Waals surface area contributed by atoms with Gasteiger partial charge in [-0.15, -0.1) is 0 Å². The second-order valence-electron chi connectivity index (χ2n) is 8.13. The van der Waals surface area contributed by atoms with Crippen molar-refractivity contribution in [3.8, 4) is 0 Å². The Bertz CT molecular complexity index is 754. The van der Waals surface area contributed by atoms with Crippen molar-refractivity contribution in [2.45, 2.75) is 82.3 Å². The zero-order valence-corrected chi connectivity index (χ0v) is 17.4. The molecule has 0 aromatic heterocycles. The van der Waals surface area contributed by atoms with Crippen LogP contribution in [-0.2, 0) is 10.0 Å². The summed E-state index contributed by atoms with van der Waals surface area (Å²) in [5.74, 6) is 0.0868. The molecular formula is C22H33NO3S. The normalized spacial score (nSPS) is 25.8. The van der Waals surface area contributed by atoms with Gasteiger partial charge in [-0.1, -0.05) is 68.4 Å². The molecule has 0 amide bonds. The molecule has 1 aliphatic heterocycles. The molecule has 1 aromatic rings. The average Bonchev–Trinajstić information content (AvgIpc) is 3.05. The Labute approximate surface area is 164 Å². The van der Waals surface area contributed by atoms with Gasteiger partial charge in [0.05, 0.1) is 11.0 Å². The van der Waals surface area contributed by atoms with E-state index in [4.69, 9.17) is 0 Å². The molecule has 3 atom stereocenters. The van der Waals surface area contributed by atoms with Gasteiger partial charge in [0.25, 0.3) is 0 Å². The summed E-state index contributed by atoms with van der Waals surface area (Å²) in [6.07, 6.45) is 9.79. The van der Waals surface area contributed by atoms with Crippen LogP contribution in [0.3, 0.4) is 0 Å². The van der Waals surface area contributed by atoms with Crippen LogP contribution in [0.5, 0.6) is 0 Å². The van der Waals surface area contributed by atoms with Crippen LogP contribution in [0, 0.1) is 12.8 Å². The molecule has 1 N–H and O–H groups in total. The van der Waals surface area contributed by atoms with Gasteiger partial charge in [0.15, 0.2) is 0 Å². The Kier molecular flexibility index (Phi) is 6.77. The maximum Gasteiger partial charge on any atom is 0.243 e. The molecule has 5 heteroatoms. The van der Waals surface area contributed by atoms with Gasteiger partial charge >= 0.3 is 0 Å². The Morgan fingerprint density at radius 3 is 2.44 bits per heavy atom. The molecule has 0 saturated carbocycles. The van der Waals surface area contributed by atoms with E-state index in [-0.39, 0.29) is 18.1 Å². The largest absolute Gasteiger partial charge is 0.393 e. The summed E-state index contributed by atoms with van der Waals surface area (Å²) in [4.78, 5) is 0.369. The summed E-state index contributed by atoms with van der Waals surface area (Å²) in [5.41, 5.74) is 2.18. The standard InChI is InChI=1S/C22H33NO3S/c1-3-8-22(24)21-10-7-5-4-6-9-19-15-18(21)16-23(19)27(25,26)20-13-11-17(2)12-14-20/h11-15,19,21-22,24H,3-10,16H2,1-2H3. The van der Waals surface area contributed by atoms with Crippen molar-refractivity contribution in [1.29, 1.82) is 0 Å². The molecule has 3 rings (SSSR count). The number of aryl methyl sites for hydroxylation is 1. The summed E-state index contributed by atoms with van der Waals surface area (Å²) in [7, 11) is -3.53. The molecule has 1 aliphatic carbocycles. The van der Waals surface area contributed by atoms with Gasteiger partial charge < -0.3 is 5.11 Å². The van der Waals surface area contributed by atoms with E-state index in [1.54, 1.807) is 16.4 Å². The van der Waals surface area contributed by atoms with Gasteiger partial charge in [0, 0.05) is 18.5 Å². The lowest BCUT2D eigenvalue weighted by Crippen LogP contribution is -2.37. The van der Waals surface area contributed by atoms with E-state index in [9.17, 15) is 13.5 Å². The summed E-state index contributed by atoms with van der Waals surface area (Å²) < 4.78 is 28.3. The molecule has 1 heterocycles. The molecule has 3 unspecified atom stereocenters. The first-order valence-electron chi connectivity index (χ1n) is 10.4. The van der Waals surface area contributed by atoms with E-state index in [1.807, 2.05) is 19.1 Å². The highest BCUT2D eigenvalue weighted by Crippen LogP contribution is 2.36. The summed E-state index contributed by atoms with van der Waals surface area (Å²) in [6.45, 7) is 4.47. The number of hydrogen-bond donors (Lipinski definition) is 1. The number of benzene rings is 1. The maximum absolute atomic E-state index is 13.3. The fraction of sp³-hybridized carbons (Fsp3) is 0.636. The number of hydrogen-bond acceptors (Lipinski definition) is 3. The van der Waals surface area contributed by atoms with Crippen LogP contribution >= 0.6 is 0 Å². The smallest absolute Gasteiger partial charge is 0.243 e. The fourth-order valence-electron chi connectivity index (χ4n) is 4.45. The highest BCUT2D eigenvalue weighted by molar-refractivity contribution is 7.89. The summed E-state index contributed by atoms with van der Waals surface area (Å²) in [6, 6.07) is 7.05. The second kappa shape index (κ2) is 8.89. The lowest BCUT2D eigenvalue weighted by molar-refractivity contribution is 0.107. The van der Waals surface area contributed by atoms with Crippen LogP contribution in [0.2, 0.25) is 0 Å². The van der Waals surface area contributed by atoms with Gasteiger partial charge in [-0.05, 0) is 38.3 Å². The Morgan fingerprint density at radius 2 is 1.78 bits per heavy atom. The topological polar surface area (TPSA) is 57.6 Å². The first kappa shape index (κ1) is 20.6. The van der Waals surface area contributed by atoms with Crippen molar-refractivity contribution in [1.82, 2.24) is 4.31 Å². The lowest BCUT2D eigenvalue weighted by Gasteiger charge is -2.26.